The van der Waals surface area contributed by atoms with Crippen LogP contribution in [0.4, 0.5) is 0 Å². The fourth-order valence-electron chi connectivity index (χ4n) is 1.73. The van der Waals surface area contributed by atoms with Crippen LogP contribution in [0, 0.1) is 0 Å². The second-order valence-electron chi connectivity index (χ2n) is 4.65. The molecule has 4 heteroatoms. The Kier molecular flexibility index (Phi) is 4.46. The minimum atomic E-state index is -0.717. The van der Waals surface area contributed by atoms with Gasteiger partial charge in [-0.3, -0.25) is 9.48 Å². The summed E-state index contributed by atoms with van der Waals surface area (Å²) in [6.07, 6.45) is 1.26. The van der Waals surface area contributed by atoms with Crippen LogP contribution in [0.15, 0.2) is 6.07 Å². The van der Waals surface area contributed by atoms with E-state index in [0.29, 0.717) is 13.0 Å². The maximum absolute atomic E-state index is 12.1. The second kappa shape index (κ2) is 5.45. The van der Waals surface area contributed by atoms with Gasteiger partial charge in [-0.25, -0.2) is 0 Å². The Balaban J connectivity index is 2.77. The Bertz CT molecular complexity index is 394. The number of nitrogens with zero attached hydrogens (tertiary/aromatic N) is 2. The standard InChI is InChI=1S/C13H22N2O2/c1-6-10-8-11(15(5)14-10)9-12(16)13(3,4)17-7-2/h8H,6-7,9H2,1-5H3. The van der Waals surface area contributed by atoms with E-state index in [-0.39, 0.29) is 5.78 Å². The van der Waals surface area contributed by atoms with Gasteiger partial charge in [0.15, 0.2) is 5.78 Å². The van der Waals surface area contributed by atoms with Gasteiger partial charge in [-0.1, -0.05) is 6.92 Å². The first-order valence-electron chi connectivity index (χ1n) is 6.09. The molecule has 96 valence electrons. The molecule has 0 aliphatic heterocycles. The summed E-state index contributed by atoms with van der Waals surface area (Å²) >= 11 is 0. The smallest absolute Gasteiger partial charge is 0.169 e. The molecule has 0 amide bonds. The molecule has 0 bridgehead atoms. The summed E-state index contributed by atoms with van der Waals surface area (Å²) in [5, 5.41) is 4.33. The molecule has 4 nitrogen and oxygen atoms in total. The fraction of sp³-hybridized carbons (Fsp3) is 0.692. The van der Waals surface area contributed by atoms with Crippen LogP contribution in [0.5, 0.6) is 0 Å². The third kappa shape index (κ3) is 3.40. The van der Waals surface area contributed by atoms with Crippen LogP contribution >= 0.6 is 0 Å². The molecule has 0 spiro atoms. The van der Waals surface area contributed by atoms with Gasteiger partial charge in [0.1, 0.15) is 5.60 Å². The summed E-state index contributed by atoms with van der Waals surface area (Å²) < 4.78 is 7.23. The van der Waals surface area contributed by atoms with Crippen LogP contribution in [0.2, 0.25) is 0 Å². The summed E-state index contributed by atoms with van der Waals surface area (Å²) in [5.74, 6) is 0.0880. The van der Waals surface area contributed by atoms with Crippen molar-refractivity contribution in [2.45, 2.75) is 46.1 Å². The van der Waals surface area contributed by atoms with Crippen molar-refractivity contribution in [3.8, 4) is 0 Å². The van der Waals surface area contributed by atoms with E-state index in [1.165, 1.54) is 0 Å². The zero-order chi connectivity index (χ0) is 13.1. The molecule has 0 saturated carbocycles. The average molecular weight is 238 g/mol. The predicted molar refractivity (Wildman–Crippen MR) is 67.0 cm³/mol. The molecule has 1 heterocycles. The number of aryl methyl sites for hydroxylation is 2. The number of carbonyl (C=O) groups excluding carboxylic acids is 1. The van der Waals surface area contributed by atoms with Crippen LogP contribution in [0.1, 0.15) is 39.1 Å². The Morgan fingerprint density at radius 2 is 2.12 bits per heavy atom. The lowest BCUT2D eigenvalue weighted by atomic mass is 9.99. The van der Waals surface area contributed by atoms with E-state index in [2.05, 4.69) is 12.0 Å². The molecule has 0 unspecified atom stereocenters. The fourth-order valence-corrected chi connectivity index (χ4v) is 1.73. The molecule has 1 aromatic rings. The third-order valence-electron chi connectivity index (χ3n) is 2.91. The number of Topliss-reactive ketones (excluding diaryl/α,β-unsaturated/α-hetero) is 1. The molecule has 1 rings (SSSR count). The molecule has 0 aromatic carbocycles. The number of ketones is 1. The van der Waals surface area contributed by atoms with Crippen LogP contribution in [0.3, 0.4) is 0 Å². The molecule has 0 saturated heterocycles. The lowest BCUT2D eigenvalue weighted by Gasteiger charge is -2.22. The van der Waals surface area contributed by atoms with Crippen molar-refractivity contribution in [2.75, 3.05) is 6.61 Å². The number of ether oxygens (including phenoxy) is 1. The van der Waals surface area contributed by atoms with E-state index in [0.717, 1.165) is 17.8 Å². The van der Waals surface area contributed by atoms with Crippen LogP contribution in [-0.2, 0) is 29.4 Å². The van der Waals surface area contributed by atoms with Crippen molar-refractivity contribution >= 4 is 5.78 Å². The highest BCUT2D eigenvalue weighted by Crippen LogP contribution is 2.15. The van der Waals surface area contributed by atoms with Crippen LogP contribution < -0.4 is 0 Å². The molecule has 0 radical (unpaired) electrons. The maximum Gasteiger partial charge on any atom is 0.169 e. The number of rotatable bonds is 6. The van der Waals surface area contributed by atoms with Gasteiger partial charge < -0.3 is 4.74 Å². The van der Waals surface area contributed by atoms with Gasteiger partial charge >= 0.3 is 0 Å². The zero-order valence-corrected chi connectivity index (χ0v) is 11.4. The molecule has 0 fully saturated rings. The first-order valence-corrected chi connectivity index (χ1v) is 6.09. The van der Waals surface area contributed by atoms with Gasteiger partial charge in [0.2, 0.25) is 0 Å². The van der Waals surface area contributed by atoms with Gasteiger partial charge in [0.05, 0.1) is 12.1 Å². The minimum absolute atomic E-state index is 0.0880. The molecular formula is C13H22N2O2. The molecular weight excluding hydrogens is 216 g/mol. The first kappa shape index (κ1) is 13.9. The average Bonchev–Trinajstić information content (AvgIpc) is 2.59. The van der Waals surface area contributed by atoms with E-state index in [1.54, 1.807) is 4.68 Å². The summed E-state index contributed by atoms with van der Waals surface area (Å²) in [4.78, 5) is 12.1. The SMILES string of the molecule is CCOC(C)(C)C(=O)Cc1cc(CC)nn1C. The first-order chi connectivity index (χ1) is 7.90. The summed E-state index contributed by atoms with van der Waals surface area (Å²) in [6, 6.07) is 1.99. The highest BCUT2D eigenvalue weighted by Gasteiger charge is 2.28. The number of carbonyl (C=O) groups is 1. The van der Waals surface area contributed by atoms with E-state index in [9.17, 15) is 4.79 Å². The van der Waals surface area contributed by atoms with E-state index >= 15 is 0 Å². The normalized spacial score (nSPS) is 11.8. The number of hydrogen-bond donors (Lipinski definition) is 0. The topological polar surface area (TPSA) is 44.1 Å². The van der Waals surface area contributed by atoms with Gasteiger partial charge in [-0.05, 0) is 33.3 Å². The van der Waals surface area contributed by atoms with E-state index < -0.39 is 5.60 Å². The molecule has 0 atom stereocenters. The summed E-state index contributed by atoms with van der Waals surface area (Å²) in [5.41, 5.74) is 1.25. The van der Waals surface area contributed by atoms with Gasteiger partial charge in [-0.2, -0.15) is 5.10 Å². The minimum Gasteiger partial charge on any atom is -0.368 e. The van der Waals surface area contributed by atoms with Crippen molar-refractivity contribution in [1.29, 1.82) is 0 Å². The highest BCUT2D eigenvalue weighted by atomic mass is 16.5. The number of aromatic nitrogens is 2. The van der Waals surface area contributed by atoms with Crippen molar-refractivity contribution < 1.29 is 9.53 Å². The monoisotopic (exact) mass is 238 g/mol. The Hall–Kier alpha value is -1.16. The van der Waals surface area contributed by atoms with Crippen molar-refractivity contribution in [1.82, 2.24) is 9.78 Å². The summed E-state index contributed by atoms with van der Waals surface area (Å²) in [7, 11) is 1.87. The van der Waals surface area contributed by atoms with Crippen LogP contribution in [0.25, 0.3) is 0 Å². The highest BCUT2D eigenvalue weighted by molar-refractivity contribution is 5.88. The third-order valence-corrected chi connectivity index (χ3v) is 2.91. The molecule has 0 N–H and O–H groups in total. The van der Waals surface area contributed by atoms with Gasteiger partial charge in [-0.15, -0.1) is 0 Å². The Morgan fingerprint density at radius 3 is 2.59 bits per heavy atom. The van der Waals surface area contributed by atoms with Crippen molar-refractivity contribution in [2.24, 2.45) is 7.05 Å². The predicted octanol–water partition coefficient (Wildman–Crippen LogP) is 1.91. The lowest BCUT2D eigenvalue weighted by molar-refractivity contribution is -0.139. The molecule has 0 aliphatic rings. The second-order valence-corrected chi connectivity index (χ2v) is 4.65. The van der Waals surface area contributed by atoms with E-state index in [1.807, 2.05) is 33.9 Å². The summed E-state index contributed by atoms with van der Waals surface area (Å²) in [6.45, 7) is 8.13. The maximum atomic E-state index is 12.1. The molecule has 1 aromatic heterocycles. The Morgan fingerprint density at radius 1 is 1.47 bits per heavy atom. The Labute approximate surface area is 103 Å². The quantitative estimate of drug-likeness (QED) is 0.760. The number of hydrogen-bond acceptors (Lipinski definition) is 3. The lowest BCUT2D eigenvalue weighted by Crippen LogP contribution is -2.36. The van der Waals surface area contributed by atoms with Crippen molar-refractivity contribution in [3.05, 3.63) is 17.5 Å². The molecule has 0 aliphatic carbocycles. The largest absolute Gasteiger partial charge is 0.368 e. The van der Waals surface area contributed by atoms with Crippen LogP contribution in [-0.4, -0.2) is 27.8 Å². The van der Waals surface area contributed by atoms with Gasteiger partial charge in [0.25, 0.3) is 0 Å². The zero-order valence-electron chi connectivity index (χ0n) is 11.4. The van der Waals surface area contributed by atoms with Gasteiger partial charge in [0, 0.05) is 19.3 Å². The van der Waals surface area contributed by atoms with Crippen molar-refractivity contribution in [3.63, 3.8) is 0 Å². The van der Waals surface area contributed by atoms with E-state index in [4.69, 9.17) is 4.74 Å². The molecule has 17 heavy (non-hydrogen) atoms.